The molecule has 40 heavy (non-hydrogen) atoms. The average molecular weight is 600 g/mol. The van der Waals surface area contributed by atoms with Gasteiger partial charge in [-0.3, -0.25) is 18.8 Å². The van der Waals surface area contributed by atoms with E-state index in [2.05, 4.69) is 47.6 Å². The van der Waals surface area contributed by atoms with Gasteiger partial charge in [0.1, 0.15) is 13.1 Å². The lowest BCUT2D eigenvalue weighted by Crippen LogP contribution is -2.28. The van der Waals surface area contributed by atoms with Crippen LogP contribution in [-0.2, 0) is 27.8 Å². The fraction of sp³-hybridized carbons (Fsp3) is 0.526. The zero-order valence-electron chi connectivity index (χ0n) is 20.4. The summed E-state index contributed by atoms with van der Waals surface area (Å²) in [4.78, 5) is 26.5. The van der Waals surface area contributed by atoms with Crippen LogP contribution in [0, 0.1) is 5.92 Å². The second-order valence-corrected chi connectivity index (χ2v) is 11.9. The van der Waals surface area contributed by atoms with Crippen LogP contribution in [0.4, 0.5) is 16.3 Å². The van der Waals surface area contributed by atoms with E-state index in [1.165, 1.54) is 10.8 Å². The number of anilines is 2. The number of fused-ring (bicyclic) bond motifs is 3. The van der Waals surface area contributed by atoms with Crippen molar-refractivity contribution >= 4 is 47.8 Å². The first kappa shape index (κ1) is 26.9. The lowest BCUT2D eigenvalue weighted by Gasteiger charge is -2.24. The van der Waals surface area contributed by atoms with Crippen molar-refractivity contribution in [3.8, 4) is 0 Å². The quantitative estimate of drug-likeness (QED) is 0.182. The molecule has 0 saturated carbocycles. The smallest absolute Gasteiger partial charge is 0.369 e. The van der Waals surface area contributed by atoms with Gasteiger partial charge in [0, 0.05) is 12.2 Å². The number of hydrogen-bond donors (Lipinski definition) is 4. The molecule has 4 aromatic heterocycles. The molecule has 2 aliphatic heterocycles. The van der Waals surface area contributed by atoms with E-state index in [0.717, 1.165) is 4.68 Å². The maximum Gasteiger partial charge on any atom is 0.388 e. The van der Waals surface area contributed by atoms with Crippen LogP contribution in [0.2, 0.25) is 0 Å². The molecule has 6 rings (SSSR count). The van der Waals surface area contributed by atoms with Crippen molar-refractivity contribution in [2.45, 2.75) is 37.6 Å². The van der Waals surface area contributed by atoms with Crippen LogP contribution >= 0.6 is 19.0 Å². The molecule has 0 spiro atoms. The van der Waals surface area contributed by atoms with Gasteiger partial charge in [0.05, 0.1) is 25.0 Å². The molecule has 2 aliphatic rings. The first-order valence-corrected chi connectivity index (χ1v) is 14.6. The molecule has 21 heteroatoms. The number of nitrogens with zero attached hydrogens (tertiary/aromatic N) is 8. The molecule has 6 atom stereocenters. The van der Waals surface area contributed by atoms with Gasteiger partial charge < -0.3 is 25.7 Å². The number of ether oxygens (including phenoxy) is 3. The predicted octanol–water partition coefficient (Wildman–Crippen LogP) is 0.523. The fourth-order valence-electron chi connectivity index (χ4n) is 4.63. The Hall–Kier alpha value is -3.26. The number of hydrogen-bond acceptors (Lipinski definition) is 15. The third kappa shape index (κ3) is 5.14. The lowest BCUT2D eigenvalue weighted by molar-refractivity contribution is -0.182. The van der Waals surface area contributed by atoms with Crippen molar-refractivity contribution in [2.24, 2.45) is 5.92 Å². The summed E-state index contributed by atoms with van der Waals surface area (Å²) in [6.07, 6.45) is -1.25. The van der Waals surface area contributed by atoms with Gasteiger partial charge in [0.15, 0.2) is 16.8 Å². The predicted molar refractivity (Wildman–Crippen MR) is 135 cm³/mol. The zero-order chi connectivity index (χ0) is 28.0. The number of rotatable bonds is 2. The van der Waals surface area contributed by atoms with Gasteiger partial charge in [-0.1, -0.05) is 17.5 Å². The van der Waals surface area contributed by atoms with Crippen molar-refractivity contribution in [1.82, 2.24) is 44.5 Å². The maximum absolute atomic E-state index is 15.4. The Bertz CT molecular complexity index is 1650. The molecular formula is C19H23FN11O7PS. The number of nitrogen functional groups attached to an aromatic ring is 2. The van der Waals surface area contributed by atoms with E-state index in [4.69, 9.17) is 34.7 Å². The first-order valence-electron chi connectivity index (χ1n) is 11.9. The van der Waals surface area contributed by atoms with Gasteiger partial charge in [0.2, 0.25) is 18.1 Å². The Labute approximate surface area is 228 Å². The van der Waals surface area contributed by atoms with E-state index >= 15 is 4.39 Å². The Balaban J connectivity index is 1.22. The Morgan fingerprint density at radius 1 is 1.25 bits per heavy atom. The van der Waals surface area contributed by atoms with Crippen molar-refractivity contribution in [2.75, 3.05) is 31.5 Å². The number of nitrogens with one attached hydrogen (secondary N) is 1. The average Bonchev–Trinajstić information content (AvgIpc) is 3.61. The summed E-state index contributed by atoms with van der Waals surface area (Å²) in [6.45, 7) is -4.75. The highest BCUT2D eigenvalue weighted by molar-refractivity contribution is 8.44. The summed E-state index contributed by atoms with van der Waals surface area (Å²) in [7, 11) is 0. The van der Waals surface area contributed by atoms with E-state index in [0.29, 0.717) is 24.1 Å². The van der Waals surface area contributed by atoms with E-state index in [1.54, 1.807) is 6.20 Å². The van der Waals surface area contributed by atoms with Crippen LogP contribution in [0.25, 0.3) is 16.8 Å². The summed E-state index contributed by atoms with van der Waals surface area (Å²) in [5, 5.41) is 11.7. The van der Waals surface area contributed by atoms with Gasteiger partial charge in [0.25, 0.3) is 11.9 Å². The van der Waals surface area contributed by atoms with Gasteiger partial charge in [-0.25, -0.2) is 18.9 Å². The third-order valence-electron chi connectivity index (χ3n) is 6.50. The molecule has 214 valence electrons. The van der Waals surface area contributed by atoms with Gasteiger partial charge in [-0.05, 0) is 18.8 Å². The fourth-order valence-corrected chi connectivity index (χ4v) is 5.86. The highest BCUT2D eigenvalue weighted by Gasteiger charge is 2.41. The molecule has 0 aliphatic carbocycles. The number of halogens is 1. The minimum atomic E-state index is -4.31. The molecule has 6 heterocycles. The SMILES string of the molecule is Nc1nc2c(nnn2[C@@H]2OCOCC[C@H]3C[C@H](c4cnn5c(N)ncnc45)O[C@@H]3COP(=O)(S)O[C@@H]2F)c(=O)[nH]1. The molecule has 0 bridgehead atoms. The van der Waals surface area contributed by atoms with Crippen LogP contribution in [0.5, 0.6) is 0 Å². The summed E-state index contributed by atoms with van der Waals surface area (Å²) >= 11 is 3.93. The second-order valence-electron chi connectivity index (χ2n) is 8.98. The molecule has 1 unspecified atom stereocenters. The first-order chi connectivity index (χ1) is 19.2. The van der Waals surface area contributed by atoms with E-state index in [1.807, 2.05) is 0 Å². The van der Waals surface area contributed by atoms with Crippen molar-refractivity contribution in [3.63, 3.8) is 0 Å². The molecular weight excluding hydrogens is 576 g/mol. The topological polar surface area (TPSA) is 235 Å². The zero-order valence-corrected chi connectivity index (χ0v) is 22.2. The normalized spacial score (nSPS) is 30.5. The molecule has 2 saturated heterocycles. The van der Waals surface area contributed by atoms with Crippen LogP contribution in [0.15, 0.2) is 17.3 Å². The molecule has 2 fully saturated rings. The Morgan fingerprint density at radius 2 is 2.10 bits per heavy atom. The van der Waals surface area contributed by atoms with E-state index in [-0.39, 0.29) is 42.2 Å². The number of nitrogens with two attached hydrogens (primary N) is 2. The molecule has 5 N–H and O–H groups in total. The van der Waals surface area contributed by atoms with Crippen molar-refractivity contribution in [1.29, 1.82) is 0 Å². The Kier molecular flexibility index (Phi) is 7.15. The number of H-pyrrole nitrogens is 1. The summed E-state index contributed by atoms with van der Waals surface area (Å²) < 4.78 is 58.5. The number of aromatic amines is 1. The highest BCUT2D eigenvalue weighted by atomic mass is 32.7. The molecule has 0 aromatic carbocycles. The molecule has 4 aromatic rings. The van der Waals surface area contributed by atoms with Crippen LogP contribution in [0.1, 0.15) is 30.7 Å². The molecule has 0 amide bonds. The molecule has 18 nitrogen and oxygen atoms in total. The third-order valence-corrected chi connectivity index (χ3v) is 8.07. The van der Waals surface area contributed by atoms with Gasteiger partial charge in [-0.15, -0.1) is 5.10 Å². The van der Waals surface area contributed by atoms with Crippen molar-refractivity contribution < 1.29 is 32.2 Å². The summed E-state index contributed by atoms with van der Waals surface area (Å²) in [5.74, 6) is -0.208. The standard InChI is InChI=1S/C19H23FN11O7PS/c20-13-17(30-15-12(28-29-30)16(32)27-18(21)26-15)35-7-34-2-1-8-3-10(37-11(8)5-36-39(33,40)38-13)9-4-25-31-14(9)23-6-24-19(31)22/h4,6,8,10-11,13,17H,1-3,5,7H2,(H,33,40)(H2,22,23,24)(H3,21,26,27,32)/t8-,10+,11+,13-,17+,39?/m0/s1. The number of aromatic nitrogens is 9. The minimum Gasteiger partial charge on any atom is -0.369 e. The number of alkyl halides is 1. The Morgan fingerprint density at radius 3 is 2.95 bits per heavy atom. The van der Waals surface area contributed by atoms with Crippen LogP contribution < -0.4 is 17.0 Å². The summed E-state index contributed by atoms with van der Waals surface area (Å²) in [6, 6.07) is 0. The molecule has 0 radical (unpaired) electrons. The lowest BCUT2D eigenvalue weighted by atomic mass is 9.95. The highest BCUT2D eigenvalue weighted by Crippen LogP contribution is 2.56. The van der Waals surface area contributed by atoms with Gasteiger partial charge in [-0.2, -0.15) is 19.3 Å². The monoisotopic (exact) mass is 599 g/mol. The van der Waals surface area contributed by atoms with Crippen LogP contribution in [-0.4, -0.2) is 77.0 Å². The largest absolute Gasteiger partial charge is 0.388 e. The van der Waals surface area contributed by atoms with E-state index < -0.39 is 43.9 Å². The minimum absolute atomic E-state index is 0.122. The van der Waals surface area contributed by atoms with Gasteiger partial charge >= 0.3 is 6.80 Å². The summed E-state index contributed by atoms with van der Waals surface area (Å²) in [5.41, 5.74) is 11.5. The van der Waals surface area contributed by atoms with Crippen LogP contribution in [0.3, 0.4) is 0 Å². The van der Waals surface area contributed by atoms with E-state index in [9.17, 15) is 9.36 Å². The second kappa shape index (κ2) is 10.6. The maximum atomic E-state index is 15.4. The number of thiol groups is 1. The van der Waals surface area contributed by atoms with Crippen molar-refractivity contribution in [3.05, 3.63) is 28.4 Å².